The number of benzene rings is 1. The number of hydrogen-bond donors (Lipinski definition) is 0. The summed E-state index contributed by atoms with van der Waals surface area (Å²) in [4.78, 5) is 10.6. The van der Waals surface area contributed by atoms with Gasteiger partial charge in [0, 0.05) is 19.1 Å². The van der Waals surface area contributed by atoms with Gasteiger partial charge in [-0.2, -0.15) is 13.2 Å². The van der Waals surface area contributed by atoms with Gasteiger partial charge in [-0.1, -0.05) is 0 Å². The van der Waals surface area contributed by atoms with Crippen LogP contribution in [0.25, 0.3) is 10.9 Å². The molecule has 2 heterocycles. The van der Waals surface area contributed by atoms with Gasteiger partial charge in [-0.25, -0.2) is 9.97 Å². The van der Waals surface area contributed by atoms with Crippen molar-refractivity contribution in [1.29, 1.82) is 0 Å². The number of alkyl halides is 3. The summed E-state index contributed by atoms with van der Waals surface area (Å²) in [6.45, 7) is 3.50. The Morgan fingerprint density at radius 3 is 2.48 bits per heavy atom. The van der Waals surface area contributed by atoms with Crippen molar-refractivity contribution in [3.8, 4) is 5.88 Å². The van der Waals surface area contributed by atoms with E-state index in [1.807, 2.05) is 0 Å². The van der Waals surface area contributed by atoms with Crippen molar-refractivity contribution in [1.82, 2.24) is 14.9 Å². The van der Waals surface area contributed by atoms with E-state index in [1.54, 1.807) is 0 Å². The number of rotatable bonds is 3. The van der Waals surface area contributed by atoms with Crippen LogP contribution >= 0.6 is 0 Å². The molecule has 27 heavy (non-hydrogen) atoms. The molecule has 0 bridgehead atoms. The van der Waals surface area contributed by atoms with E-state index < -0.39 is 11.7 Å². The zero-order chi connectivity index (χ0) is 18.9. The Kier molecular flexibility index (Phi) is 5.19. The van der Waals surface area contributed by atoms with Crippen molar-refractivity contribution in [2.45, 2.75) is 44.0 Å². The molecule has 0 atom stereocenters. The van der Waals surface area contributed by atoms with Crippen LogP contribution in [-0.4, -0.2) is 53.3 Å². The van der Waals surface area contributed by atoms with Gasteiger partial charge < -0.3 is 9.47 Å². The zero-order valence-corrected chi connectivity index (χ0v) is 14.9. The number of nitrogens with zero attached hydrogens (tertiary/aromatic N) is 3. The van der Waals surface area contributed by atoms with Crippen molar-refractivity contribution in [2.24, 2.45) is 0 Å². The lowest BCUT2D eigenvalue weighted by Crippen LogP contribution is -2.46. The fourth-order valence-corrected chi connectivity index (χ4v) is 3.93. The number of morpholine rings is 1. The predicted molar refractivity (Wildman–Crippen MR) is 93.6 cm³/mol. The van der Waals surface area contributed by atoms with Gasteiger partial charge in [0.05, 0.1) is 29.7 Å². The summed E-state index contributed by atoms with van der Waals surface area (Å²) in [6.07, 6.45) is 0.666. The second-order valence-electron chi connectivity index (χ2n) is 7.11. The Morgan fingerprint density at radius 1 is 1.04 bits per heavy atom. The molecule has 2 fully saturated rings. The number of halogens is 3. The maximum atomic E-state index is 13.0. The van der Waals surface area contributed by atoms with Gasteiger partial charge in [0.2, 0.25) is 5.88 Å². The van der Waals surface area contributed by atoms with E-state index in [2.05, 4.69) is 14.9 Å². The highest BCUT2D eigenvalue weighted by Gasteiger charge is 2.32. The van der Waals surface area contributed by atoms with Gasteiger partial charge in [-0.3, -0.25) is 4.90 Å². The normalized spacial score (nSPS) is 24.9. The van der Waals surface area contributed by atoms with Gasteiger partial charge in [0.15, 0.2) is 0 Å². The summed E-state index contributed by atoms with van der Waals surface area (Å²) in [6, 6.07) is 4.01. The van der Waals surface area contributed by atoms with Gasteiger partial charge in [0.25, 0.3) is 0 Å². The molecule has 0 spiro atoms. The van der Waals surface area contributed by atoms with Crippen LogP contribution in [0, 0.1) is 0 Å². The van der Waals surface area contributed by atoms with Crippen LogP contribution in [0.5, 0.6) is 5.88 Å². The van der Waals surface area contributed by atoms with E-state index in [0.717, 1.165) is 64.1 Å². The Labute approximate surface area is 155 Å². The molecular formula is C19H22F3N3O2. The minimum atomic E-state index is -4.41. The third-order valence-electron chi connectivity index (χ3n) is 5.41. The first kappa shape index (κ1) is 18.4. The number of fused-ring (bicyclic) bond motifs is 1. The van der Waals surface area contributed by atoms with Crippen molar-refractivity contribution in [2.75, 3.05) is 26.3 Å². The quantitative estimate of drug-likeness (QED) is 0.812. The first-order chi connectivity index (χ1) is 13.0. The van der Waals surface area contributed by atoms with E-state index in [9.17, 15) is 13.2 Å². The summed E-state index contributed by atoms with van der Waals surface area (Å²) >= 11 is 0. The first-order valence-corrected chi connectivity index (χ1v) is 9.31. The van der Waals surface area contributed by atoms with Crippen LogP contribution in [0.4, 0.5) is 13.2 Å². The van der Waals surface area contributed by atoms with Gasteiger partial charge in [0.1, 0.15) is 12.4 Å². The lowest BCUT2D eigenvalue weighted by Gasteiger charge is -2.38. The monoisotopic (exact) mass is 381 g/mol. The molecule has 5 nitrogen and oxygen atoms in total. The molecule has 1 aliphatic carbocycles. The Bertz CT molecular complexity index is 785. The largest absolute Gasteiger partial charge is 0.474 e. The maximum Gasteiger partial charge on any atom is 0.416 e. The van der Waals surface area contributed by atoms with Gasteiger partial charge in [-0.15, -0.1) is 0 Å². The van der Waals surface area contributed by atoms with E-state index in [4.69, 9.17) is 9.47 Å². The molecule has 2 aromatic rings. The Balaban J connectivity index is 1.46. The van der Waals surface area contributed by atoms with Crippen LogP contribution in [-0.2, 0) is 10.9 Å². The third-order valence-corrected chi connectivity index (χ3v) is 5.41. The molecule has 146 valence electrons. The van der Waals surface area contributed by atoms with Crippen LogP contribution < -0.4 is 4.74 Å². The fourth-order valence-electron chi connectivity index (χ4n) is 3.93. The molecule has 0 N–H and O–H groups in total. The molecule has 1 aliphatic heterocycles. The number of aromatic nitrogens is 2. The van der Waals surface area contributed by atoms with Crippen LogP contribution in [0.2, 0.25) is 0 Å². The predicted octanol–water partition coefficient (Wildman–Crippen LogP) is 3.67. The average molecular weight is 381 g/mol. The van der Waals surface area contributed by atoms with Crippen LogP contribution in [0.1, 0.15) is 31.2 Å². The van der Waals surface area contributed by atoms with Crippen molar-refractivity contribution in [3.63, 3.8) is 0 Å². The van der Waals surface area contributed by atoms with E-state index in [-0.39, 0.29) is 12.0 Å². The molecule has 0 radical (unpaired) electrons. The molecule has 8 heteroatoms. The number of hydrogen-bond acceptors (Lipinski definition) is 5. The van der Waals surface area contributed by atoms with E-state index >= 15 is 0 Å². The molecule has 4 rings (SSSR count). The zero-order valence-electron chi connectivity index (χ0n) is 14.9. The van der Waals surface area contributed by atoms with Crippen LogP contribution in [0.3, 0.4) is 0 Å². The fraction of sp³-hybridized carbons (Fsp3) is 0.579. The lowest BCUT2D eigenvalue weighted by atomic mass is 9.91. The first-order valence-electron chi connectivity index (χ1n) is 9.31. The highest BCUT2D eigenvalue weighted by atomic mass is 19.4. The Morgan fingerprint density at radius 2 is 1.78 bits per heavy atom. The molecule has 0 amide bonds. The second kappa shape index (κ2) is 7.59. The van der Waals surface area contributed by atoms with Gasteiger partial charge >= 0.3 is 6.18 Å². The minimum absolute atomic E-state index is 0.0325. The smallest absolute Gasteiger partial charge is 0.416 e. The summed E-state index contributed by atoms with van der Waals surface area (Å²) in [5, 5.41) is 0.308. The molecule has 1 saturated carbocycles. The van der Waals surface area contributed by atoms with Gasteiger partial charge in [-0.05, 0) is 43.9 Å². The van der Waals surface area contributed by atoms with Crippen molar-refractivity contribution < 1.29 is 22.6 Å². The maximum absolute atomic E-state index is 13.0. The number of ether oxygens (including phenoxy) is 2. The topological polar surface area (TPSA) is 47.5 Å². The Hall–Kier alpha value is -1.93. The molecule has 0 unspecified atom stereocenters. The second-order valence-corrected chi connectivity index (χ2v) is 7.11. The highest BCUT2D eigenvalue weighted by molar-refractivity contribution is 5.84. The highest BCUT2D eigenvalue weighted by Crippen LogP contribution is 2.34. The minimum Gasteiger partial charge on any atom is -0.474 e. The van der Waals surface area contributed by atoms with Crippen molar-refractivity contribution >= 4 is 10.9 Å². The lowest BCUT2D eigenvalue weighted by molar-refractivity contribution is -0.137. The molecule has 1 aromatic heterocycles. The average Bonchev–Trinajstić information content (AvgIpc) is 2.68. The van der Waals surface area contributed by atoms with Crippen LogP contribution in [0.15, 0.2) is 24.5 Å². The van der Waals surface area contributed by atoms with E-state index in [1.165, 1.54) is 12.4 Å². The summed E-state index contributed by atoms with van der Waals surface area (Å²) < 4.78 is 50.5. The SMILES string of the molecule is FC(F)(F)c1ccc2ncnc(OC3CCC(N4CCOCC4)CC3)c2c1. The molecule has 2 aliphatic rings. The molecule has 1 saturated heterocycles. The summed E-state index contributed by atoms with van der Waals surface area (Å²) in [7, 11) is 0. The molecular weight excluding hydrogens is 359 g/mol. The standard InChI is InChI=1S/C19H22F3N3O2/c20-19(21,22)13-1-6-17-16(11-13)18(24-12-23-17)27-15-4-2-14(3-5-15)25-7-9-26-10-8-25/h1,6,11-12,14-15H,2-5,7-10H2. The molecule has 1 aromatic carbocycles. The van der Waals surface area contributed by atoms with E-state index in [0.29, 0.717) is 16.9 Å². The summed E-state index contributed by atoms with van der Waals surface area (Å²) in [5.41, 5.74) is -0.263. The third kappa shape index (κ3) is 4.16. The summed E-state index contributed by atoms with van der Waals surface area (Å²) in [5.74, 6) is 0.237. The van der Waals surface area contributed by atoms with Crippen molar-refractivity contribution in [3.05, 3.63) is 30.1 Å².